The Hall–Kier alpha value is -1.98. The lowest BCUT2D eigenvalue weighted by Crippen LogP contribution is -2.73. The third kappa shape index (κ3) is 3.64. The number of hydrogen-bond donors (Lipinski definition) is 6. The maximum absolute atomic E-state index is 13.5. The average Bonchev–Trinajstić information content (AvgIpc) is 3.34. The third-order valence-electron chi connectivity index (χ3n) is 13.7. The van der Waals surface area contributed by atoms with Crippen LogP contribution >= 0.6 is 0 Å². The van der Waals surface area contributed by atoms with Gasteiger partial charge in [0.1, 0.15) is 5.60 Å². The van der Waals surface area contributed by atoms with Crippen molar-refractivity contribution < 1.29 is 30.0 Å². The zero-order valence-electron chi connectivity index (χ0n) is 25.7. The first-order valence-corrected chi connectivity index (χ1v) is 16.6. The molecule has 5 aliphatic carbocycles. The monoisotopic (exact) mass is 598 g/mol. The Bertz CT molecular complexity index is 1250. The summed E-state index contributed by atoms with van der Waals surface area (Å²) in [5.74, 6) is -0.138. The molecule has 2 aliphatic heterocycles. The predicted octanol–water partition coefficient (Wildman–Crippen LogP) is 2.00. The Morgan fingerprint density at radius 3 is 2.74 bits per heavy atom. The van der Waals surface area contributed by atoms with E-state index in [0.717, 1.165) is 44.1 Å². The number of aliphatic imine (C=N–C) groups is 1. The molecule has 2 heterocycles. The Labute approximate surface area is 254 Å². The van der Waals surface area contributed by atoms with Gasteiger partial charge in [0.25, 0.3) is 0 Å². The van der Waals surface area contributed by atoms with Crippen molar-refractivity contribution in [3.05, 3.63) is 23.4 Å². The summed E-state index contributed by atoms with van der Waals surface area (Å²) < 4.78 is 6.76. The number of aliphatic hydroxyl groups excluding tert-OH is 2. The molecule has 0 aromatic heterocycles. The van der Waals surface area contributed by atoms with Gasteiger partial charge in [-0.25, -0.2) is 4.79 Å². The molecule has 5 fully saturated rings. The van der Waals surface area contributed by atoms with Crippen LogP contribution in [-0.4, -0.2) is 94.5 Å². The van der Waals surface area contributed by atoms with E-state index in [-0.39, 0.29) is 46.9 Å². The van der Waals surface area contributed by atoms with Crippen molar-refractivity contribution >= 4 is 11.9 Å². The number of nitrogens with zero attached hydrogens (tertiary/aromatic N) is 2. The minimum atomic E-state index is -1.61. The maximum Gasteiger partial charge on any atom is 0.334 e. The van der Waals surface area contributed by atoms with E-state index in [1.165, 1.54) is 0 Å². The first-order valence-electron chi connectivity index (χ1n) is 16.6. The summed E-state index contributed by atoms with van der Waals surface area (Å²) >= 11 is 0. The van der Waals surface area contributed by atoms with Crippen molar-refractivity contribution in [1.29, 1.82) is 0 Å². The number of aliphatic hydroxyl groups is 3. The number of guanidine groups is 1. The van der Waals surface area contributed by atoms with Crippen LogP contribution in [0.1, 0.15) is 71.1 Å². The van der Waals surface area contributed by atoms with Gasteiger partial charge in [0.15, 0.2) is 5.96 Å². The maximum atomic E-state index is 13.5. The molecule has 11 unspecified atom stereocenters. The molecule has 2 bridgehead atoms. The molecule has 10 heteroatoms. The first kappa shape index (κ1) is 29.7. The molecule has 238 valence electrons. The van der Waals surface area contributed by atoms with Gasteiger partial charge in [0, 0.05) is 55.0 Å². The van der Waals surface area contributed by atoms with Crippen LogP contribution in [0.3, 0.4) is 0 Å². The number of nitrogens with two attached hydrogens (primary N) is 1. The van der Waals surface area contributed by atoms with Crippen LogP contribution < -0.4 is 11.1 Å². The van der Waals surface area contributed by atoms with Gasteiger partial charge in [-0.15, -0.1) is 0 Å². The molecule has 0 radical (unpaired) electrons. The standard InChI is InChI=1S/C33H50N4O6/c1-19-3-6-21-15-23-27(28(40)41)33(42,26-8-5-20-4-7-22(39)16-24(20)43-26)25-9-10-30(17-36-12-14-38)11-13-37(29(34)35-2)18-31(21,30)32(19,23)25/h11,13,19-22,24-26,36,38-39,42H,3-10,12,14-18H2,1-2H3,(H2,34,35)(H,40,41). The van der Waals surface area contributed by atoms with Gasteiger partial charge in [-0.05, 0) is 87.5 Å². The van der Waals surface area contributed by atoms with E-state index in [2.05, 4.69) is 29.5 Å². The zero-order chi connectivity index (χ0) is 30.4. The largest absolute Gasteiger partial charge is 0.478 e. The molecule has 2 spiro atoms. The Morgan fingerprint density at radius 2 is 2.00 bits per heavy atom. The quantitative estimate of drug-likeness (QED) is 0.153. The average molecular weight is 599 g/mol. The zero-order valence-corrected chi connectivity index (χ0v) is 25.7. The van der Waals surface area contributed by atoms with E-state index in [4.69, 9.17) is 10.5 Å². The minimum Gasteiger partial charge on any atom is -0.478 e. The number of aliphatic carboxylic acids is 1. The molecule has 4 saturated carbocycles. The third-order valence-corrected chi connectivity index (χ3v) is 13.7. The van der Waals surface area contributed by atoms with Crippen molar-refractivity contribution in [1.82, 2.24) is 10.2 Å². The fourth-order valence-corrected chi connectivity index (χ4v) is 12.3. The summed E-state index contributed by atoms with van der Waals surface area (Å²) in [6.07, 6.45) is 11.0. The second-order valence-electron chi connectivity index (χ2n) is 14.8. The molecule has 1 saturated heterocycles. The van der Waals surface area contributed by atoms with E-state index < -0.39 is 29.2 Å². The van der Waals surface area contributed by atoms with Crippen molar-refractivity contribution in [3.63, 3.8) is 0 Å². The number of rotatable bonds is 6. The van der Waals surface area contributed by atoms with Crippen molar-refractivity contribution in [2.45, 2.75) is 95.0 Å². The summed E-state index contributed by atoms with van der Waals surface area (Å²) in [4.78, 5) is 19.9. The number of ether oxygens (including phenoxy) is 1. The Kier molecular flexibility index (Phi) is 7.10. The fourth-order valence-electron chi connectivity index (χ4n) is 12.3. The van der Waals surface area contributed by atoms with Gasteiger partial charge < -0.3 is 41.1 Å². The van der Waals surface area contributed by atoms with Gasteiger partial charge in [-0.3, -0.25) is 4.99 Å². The second kappa shape index (κ2) is 10.3. The molecule has 0 aromatic rings. The highest BCUT2D eigenvalue weighted by atomic mass is 16.5. The van der Waals surface area contributed by atoms with Crippen LogP contribution in [0.5, 0.6) is 0 Å². The molecular weight excluding hydrogens is 548 g/mol. The highest BCUT2D eigenvalue weighted by molar-refractivity contribution is 5.92. The van der Waals surface area contributed by atoms with E-state index in [0.29, 0.717) is 57.2 Å². The molecule has 7 N–H and O–H groups in total. The van der Waals surface area contributed by atoms with Crippen LogP contribution in [0.15, 0.2) is 28.4 Å². The molecule has 11 atom stereocenters. The van der Waals surface area contributed by atoms with E-state index in [1.54, 1.807) is 7.05 Å². The number of allylic oxidation sites excluding steroid dienone is 1. The van der Waals surface area contributed by atoms with Crippen LogP contribution in [0.2, 0.25) is 0 Å². The number of nitrogens with one attached hydrogen (secondary N) is 1. The SMILES string of the molecule is CN=C(N)N1C=CC2(CNCCO)CCC3C(O)(C4CCC5CCC(O)CC5O4)C(C(=O)O)=C4CC5CCC(C)C43C52C1. The molecule has 43 heavy (non-hydrogen) atoms. The van der Waals surface area contributed by atoms with Crippen molar-refractivity contribution in [2.75, 3.05) is 33.3 Å². The second-order valence-corrected chi connectivity index (χ2v) is 14.8. The number of hydrogen-bond acceptors (Lipinski definition) is 7. The van der Waals surface area contributed by atoms with E-state index >= 15 is 0 Å². The van der Waals surface area contributed by atoms with Crippen molar-refractivity contribution in [2.24, 2.45) is 50.6 Å². The topological polar surface area (TPSA) is 161 Å². The van der Waals surface area contributed by atoms with Gasteiger partial charge >= 0.3 is 5.97 Å². The number of carbonyl (C=O) groups is 1. The molecule has 10 nitrogen and oxygen atoms in total. The fraction of sp³-hybridized carbons (Fsp3) is 0.818. The highest BCUT2D eigenvalue weighted by Crippen LogP contribution is 2.84. The summed E-state index contributed by atoms with van der Waals surface area (Å²) in [7, 11) is 1.70. The van der Waals surface area contributed by atoms with Gasteiger partial charge in [0.2, 0.25) is 0 Å². The normalized spacial score (nSPS) is 48.6. The summed E-state index contributed by atoms with van der Waals surface area (Å²) in [5.41, 5.74) is 4.79. The Balaban J connectivity index is 1.41. The number of carboxylic acids is 1. The molecule has 0 amide bonds. The molecule has 7 rings (SSSR count). The molecule has 7 aliphatic rings. The smallest absolute Gasteiger partial charge is 0.334 e. The van der Waals surface area contributed by atoms with Gasteiger partial charge in [-0.2, -0.15) is 0 Å². The van der Waals surface area contributed by atoms with Gasteiger partial charge in [0.05, 0.1) is 30.5 Å². The van der Waals surface area contributed by atoms with Crippen molar-refractivity contribution in [3.8, 4) is 0 Å². The van der Waals surface area contributed by atoms with Crippen LogP contribution in [0, 0.1) is 39.9 Å². The van der Waals surface area contributed by atoms with E-state index in [1.807, 2.05) is 4.90 Å². The first-order chi connectivity index (χ1) is 20.6. The lowest BCUT2D eigenvalue weighted by atomic mass is 9.35. The van der Waals surface area contributed by atoms with Crippen LogP contribution in [-0.2, 0) is 9.53 Å². The summed E-state index contributed by atoms with van der Waals surface area (Å²) in [6.45, 7) is 4.12. The molecule has 0 aromatic carbocycles. The summed E-state index contributed by atoms with van der Waals surface area (Å²) in [6, 6.07) is 0. The van der Waals surface area contributed by atoms with Crippen LogP contribution in [0.4, 0.5) is 0 Å². The van der Waals surface area contributed by atoms with Gasteiger partial charge in [-0.1, -0.05) is 13.0 Å². The number of carboxylic acid groups (broad SMARTS) is 1. The number of fused-ring (bicyclic) bond motifs is 1. The highest BCUT2D eigenvalue weighted by Gasteiger charge is 2.83. The lowest BCUT2D eigenvalue weighted by Gasteiger charge is -2.71. The van der Waals surface area contributed by atoms with Crippen LogP contribution in [0.25, 0.3) is 0 Å². The molecular formula is C33H50N4O6. The van der Waals surface area contributed by atoms with E-state index in [9.17, 15) is 25.2 Å². The lowest BCUT2D eigenvalue weighted by molar-refractivity contribution is -0.247. The minimum absolute atomic E-state index is 0.0475. The summed E-state index contributed by atoms with van der Waals surface area (Å²) in [5, 5.41) is 47.9. The Morgan fingerprint density at radius 1 is 1.21 bits per heavy atom. The predicted molar refractivity (Wildman–Crippen MR) is 161 cm³/mol.